The second kappa shape index (κ2) is 15.3. The van der Waals surface area contributed by atoms with E-state index in [9.17, 15) is 24.0 Å². The minimum Gasteiger partial charge on any atom is -0.481 e. The van der Waals surface area contributed by atoms with Crippen molar-refractivity contribution in [2.75, 3.05) is 13.7 Å². The molecule has 0 unspecified atom stereocenters. The number of nitrogens with zero attached hydrogens (tertiary/aromatic N) is 2. The molecule has 1 spiro atoms. The highest BCUT2D eigenvalue weighted by atomic mass is 16.7. The Morgan fingerprint density at radius 1 is 1.10 bits per heavy atom. The predicted octanol–water partition coefficient (Wildman–Crippen LogP) is 2.94. The van der Waals surface area contributed by atoms with Crippen LogP contribution in [0.5, 0.6) is 5.88 Å². The number of amides is 4. The van der Waals surface area contributed by atoms with Gasteiger partial charge in [0.1, 0.15) is 17.7 Å². The van der Waals surface area contributed by atoms with E-state index >= 15 is 0 Å². The molecule has 0 bridgehead atoms. The summed E-state index contributed by atoms with van der Waals surface area (Å²) in [6, 6.07) is 0.542. The molecule has 2 saturated carbocycles. The van der Waals surface area contributed by atoms with Gasteiger partial charge < -0.3 is 25.6 Å². The van der Waals surface area contributed by atoms with Gasteiger partial charge in [0.2, 0.25) is 29.4 Å². The lowest BCUT2D eigenvalue weighted by Gasteiger charge is -2.36. The molecule has 13 nitrogen and oxygen atoms in total. The summed E-state index contributed by atoms with van der Waals surface area (Å²) in [6.07, 6.45) is 11.7. The van der Waals surface area contributed by atoms with E-state index in [1.807, 2.05) is 39.8 Å². The van der Waals surface area contributed by atoms with Crippen LogP contribution in [-0.2, 0) is 28.8 Å². The Kier molecular flexibility index (Phi) is 11.3. The molecular formula is C36H52N6O7. The SMILES string of the molecule is CCC[C@H](NC(=O)[C@@H]1C[C@]2(C=C(c3cccnc3OC)NO2)CN1C(=O)[C@@H](NC(=O)CC1CCCCC1)C(C)(C)C)C(=O)C(=O)NC1CC1. The molecule has 3 fully saturated rings. The third-order valence-corrected chi connectivity index (χ3v) is 9.93. The second-order valence-corrected chi connectivity index (χ2v) is 15.1. The van der Waals surface area contributed by atoms with E-state index in [-0.39, 0.29) is 37.3 Å². The summed E-state index contributed by atoms with van der Waals surface area (Å²) < 4.78 is 5.44. The van der Waals surface area contributed by atoms with Crippen LogP contribution < -0.4 is 26.2 Å². The Morgan fingerprint density at radius 2 is 1.84 bits per heavy atom. The normalized spacial score (nSPS) is 23.7. The predicted molar refractivity (Wildman–Crippen MR) is 181 cm³/mol. The van der Waals surface area contributed by atoms with Crippen molar-refractivity contribution in [3.8, 4) is 5.88 Å². The molecule has 5 rings (SSSR count). The fourth-order valence-corrected chi connectivity index (χ4v) is 7.07. The van der Waals surface area contributed by atoms with E-state index in [0.717, 1.165) is 38.5 Å². The first kappa shape index (κ1) is 36.3. The van der Waals surface area contributed by atoms with Crippen LogP contribution in [0.2, 0.25) is 0 Å². The number of ketones is 1. The van der Waals surface area contributed by atoms with Crippen molar-refractivity contribution in [1.82, 2.24) is 31.3 Å². The molecule has 4 aliphatic rings. The van der Waals surface area contributed by atoms with Crippen LogP contribution in [0.1, 0.15) is 104 Å². The summed E-state index contributed by atoms with van der Waals surface area (Å²) in [5.74, 6) is -1.94. The first-order chi connectivity index (χ1) is 23.3. The second-order valence-electron chi connectivity index (χ2n) is 15.1. The lowest BCUT2D eigenvalue weighted by Crippen LogP contribution is -2.59. The van der Waals surface area contributed by atoms with Crippen molar-refractivity contribution in [1.29, 1.82) is 0 Å². The topological polar surface area (TPSA) is 168 Å². The minimum atomic E-state index is -1.12. The number of hydroxylamine groups is 1. The van der Waals surface area contributed by atoms with Gasteiger partial charge in [-0.2, -0.15) is 0 Å². The fourth-order valence-electron chi connectivity index (χ4n) is 7.07. The van der Waals surface area contributed by atoms with Crippen LogP contribution >= 0.6 is 0 Å². The van der Waals surface area contributed by atoms with Crippen LogP contribution in [0.3, 0.4) is 0 Å². The van der Waals surface area contributed by atoms with E-state index in [1.165, 1.54) is 18.4 Å². The van der Waals surface area contributed by atoms with Crippen molar-refractivity contribution in [3.63, 3.8) is 0 Å². The first-order valence-electron chi connectivity index (χ1n) is 17.8. The quantitative estimate of drug-likeness (QED) is 0.229. The molecule has 49 heavy (non-hydrogen) atoms. The molecular weight excluding hydrogens is 628 g/mol. The Hall–Kier alpha value is -4.00. The smallest absolute Gasteiger partial charge is 0.289 e. The van der Waals surface area contributed by atoms with Gasteiger partial charge in [0.25, 0.3) is 5.91 Å². The summed E-state index contributed by atoms with van der Waals surface area (Å²) >= 11 is 0. The maximum absolute atomic E-state index is 14.6. The van der Waals surface area contributed by atoms with Crippen LogP contribution in [0.15, 0.2) is 24.4 Å². The number of Topliss-reactive ketones (excluding diaryl/α,β-unsaturated/α-hetero) is 1. The maximum atomic E-state index is 14.6. The van der Waals surface area contributed by atoms with Gasteiger partial charge in [-0.3, -0.25) is 34.3 Å². The van der Waals surface area contributed by atoms with Crippen molar-refractivity contribution < 1.29 is 33.5 Å². The molecule has 3 heterocycles. The molecule has 1 aromatic heterocycles. The lowest BCUT2D eigenvalue weighted by molar-refractivity contribution is -0.145. The molecule has 0 aromatic carbocycles. The van der Waals surface area contributed by atoms with Crippen molar-refractivity contribution in [2.24, 2.45) is 11.3 Å². The zero-order valence-corrected chi connectivity index (χ0v) is 29.4. The van der Waals surface area contributed by atoms with Gasteiger partial charge in [-0.05, 0) is 61.6 Å². The molecule has 4 N–H and O–H groups in total. The third kappa shape index (κ3) is 8.78. The van der Waals surface area contributed by atoms with Gasteiger partial charge in [0.15, 0.2) is 0 Å². The fraction of sp³-hybridized carbons (Fsp3) is 0.667. The van der Waals surface area contributed by atoms with Gasteiger partial charge in [0, 0.05) is 25.1 Å². The van der Waals surface area contributed by atoms with E-state index in [2.05, 4.69) is 26.4 Å². The molecule has 13 heteroatoms. The molecule has 1 saturated heterocycles. The number of carbonyl (C=O) groups excluding carboxylic acids is 5. The maximum Gasteiger partial charge on any atom is 0.289 e. The number of aromatic nitrogens is 1. The summed E-state index contributed by atoms with van der Waals surface area (Å²) in [5, 5.41) is 8.54. The zero-order chi connectivity index (χ0) is 35.3. The molecule has 0 radical (unpaired) electrons. The van der Waals surface area contributed by atoms with Crippen LogP contribution in [0, 0.1) is 11.3 Å². The van der Waals surface area contributed by atoms with Crippen LogP contribution in [0.25, 0.3) is 5.70 Å². The monoisotopic (exact) mass is 680 g/mol. The van der Waals surface area contributed by atoms with Crippen LogP contribution in [0.4, 0.5) is 0 Å². The molecule has 4 atom stereocenters. The van der Waals surface area contributed by atoms with E-state index in [4.69, 9.17) is 9.57 Å². The standard InChI is InChI=1S/C36H52N6O7/c1-6-11-25(29(44)32(46)38-23-15-16-23)39-31(45)27-20-36(19-26(41-49-36)24-14-10-17-37-33(24)48-5)21-42(27)34(47)30(35(2,3)4)40-28(43)18-22-12-8-7-9-13-22/h10,14,17,19,22-23,25,27,30,41H,6-9,11-13,15-16,18,20-21H2,1-5H3,(H,38,46)(H,39,45)(H,40,43)/t25-,27-,30+,36+/m0/s1. The van der Waals surface area contributed by atoms with Gasteiger partial charge in [-0.15, -0.1) is 0 Å². The number of rotatable bonds is 13. The first-order valence-corrected chi connectivity index (χ1v) is 17.8. The Bertz CT molecular complexity index is 1450. The largest absolute Gasteiger partial charge is 0.481 e. The van der Waals surface area contributed by atoms with Crippen molar-refractivity contribution in [3.05, 3.63) is 30.0 Å². The highest BCUT2D eigenvalue weighted by Gasteiger charge is 2.54. The average molecular weight is 681 g/mol. The number of hydrogen-bond donors (Lipinski definition) is 4. The zero-order valence-electron chi connectivity index (χ0n) is 29.4. The summed E-state index contributed by atoms with van der Waals surface area (Å²) in [7, 11) is 1.52. The number of likely N-dealkylation sites (tertiary alicyclic amines) is 1. The molecule has 1 aromatic rings. The Labute approximate surface area is 288 Å². The Balaban J connectivity index is 1.42. The van der Waals surface area contributed by atoms with E-state index in [0.29, 0.717) is 30.0 Å². The molecule has 268 valence electrons. The lowest BCUT2D eigenvalue weighted by atomic mass is 9.84. The number of hydrogen-bond acceptors (Lipinski definition) is 9. The van der Waals surface area contributed by atoms with E-state index in [1.54, 1.807) is 12.3 Å². The van der Waals surface area contributed by atoms with Gasteiger partial charge in [0.05, 0.1) is 31.0 Å². The number of methoxy groups -OCH3 is 1. The number of carbonyl (C=O) groups is 5. The summed E-state index contributed by atoms with van der Waals surface area (Å²) in [5.41, 5.74) is 2.37. The number of ether oxygens (including phenoxy) is 1. The van der Waals surface area contributed by atoms with Crippen molar-refractivity contribution >= 4 is 35.1 Å². The van der Waals surface area contributed by atoms with E-state index < -0.39 is 52.6 Å². The summed E-state index contributed by atoms with van der Waals surface area (Å²) in [6.45, 7) is 7.51. The summed E-state index contributed by atoms with van der Waals surface area (Å²) in [4.78, 5) is 79.8. The highest BCUT2D eigenvalue weighted by molar-refractivity contribution is 6.38. The molecule has 2 aliphatic heterocycles. The van der Waals surface area contributed by atoms with Gasteiger partial charge >= 0.3 is 0 Å². The van der Waals surface area contributed by atoms with Crippen LogP contribution in [-0.4, -0.2) is 82.7 Å². The minimum absolute atomic E-state index is 0.00261. The number of pyridine rings is 1. The van der Waals surface area contributed by atoms with Crippen molar-refractivity contribution in [2.45, 2.75) is 128 Å². The molecule has 4 amide bonds. The molecule has 2 aliphatic carbocycles. The van der Waals surface area contributed by atoms with Gasteiger partial charge in [-0.25, -0.2) is 4.98 Å². The third-order valence-electron chi connectivity index (χ3n) is 9.93. The highest BCUT2D eigenvalue weighted by Crippen LogP contribution is 2.40. The Morgan fingerprint density at radius 3 is 2.49 bits per heavy atom. The average Bonchev–Trinajstić information content (AvgIpc) is 3.67. The van der Waals surface area contributed by atoms with Gasteiger partial charge in [-0.1, -0.05) is 53.4 Å². The number of nitrogens with one attached hydrogen (secondary N) is 4.